The molecule has 0 bridgehead atoms. The van der Waals surface area contributed by atoms with E-state index < -0.39 is 5.60 Å². The van der Waals surface area contributed by atoms with Crippen molar-refractivity contribution in [2.45, 2.75) is 32.0 Å². The summed E-state index contributed by atoms with van der Waals surface area (Å²) < 4.78 is 5.82. The maximum absolute atomic E-state index is 10.5. The first kappa shape index (κ1) is 14.8. The van der Waals surface area contributed by atoms with E-state index in [4.69, 9.17) is 4.74 Å². The molecule has 2 nitrogen and oxygen atoms in total. The molecule has 20 heavy (non-hydrogen) atoms. The topological polar surface area (TPSA) is 29.5 Å². The molecule has 0 radical (unpaired) electrons. The van der Waals surface area contributed by atoms with Gasteiger partial charge in [-0.25, -0.2) is 0 Å². The van der Waals surface area contributed by atoms with Crippen LogP contribution in [0.25, 0.3) is 0 Å². The number of benzene rings is 2. The van der Waals surface area contributed by atoms with Gasteiger partial charge in [0.05, 0.1) is 12.7 Å². The minimum atomic E-state index is -0.952. The monoisotopic (exact) mass is 270 g/mol. The van der Waals surface area contributed by atoms with Crippen molar-refractivity contribution in [1.29, 1.82) is 0 Å². The molecule has 2 aromatic rings. The van der Waals surface area contributed by atoms with Gasteiger partial charge in [0, 0.05) is 0 Å². The highest BCUT2D eigenvalue weighted by molar-refractivity contribution is 5.21. The fraction of sp³-hybridized carbons (Fsp3) is 0.333. The lowest BCUT2D eigenvalue weighted by Crippen LogP contribution is -2.30. The number of aliphatic hydroxyl groups is 1. The van der Waals surface area contributed by atoms with Gasteiger partial charge in [0.1, 0.15) is 5.60 Å². The van der Waals surface area contributed by atoms with Crippen molar-refractivity contribution < 1.29 is 9.84 Å². The molecule has 2 heteroatoms. The van der Waals surface area contributed by atoms with Crippen LogP contribution in [0.5, 0.6) is 0 Å². The SMILES string of the molecule is CC(Cc1ccccc1)OCC(C)(O)c1ccccc1. The minimum Gasteiger partial charge on any atom is -0.383 e. The second-order valence-electron chi connectivity index (χ2n) is 5.45. The van der Waals surface area contributed by atoms with Gasteiger partial charge in [-0.3, -0.25) is 0 Å². The summed E-state index contributed by atoms with van der Waals surface area (Å²) in [6.07, 6.45) is 0.929. The Morgan fingerprint density at radius 1 is 1.00 bits per heavy atom. The van der Waals surface area contributed by atoms with Crippen molar-refractivity contribution in [1.82, 2.24) is 0 Å². The lowest BCUT2D eigenvalue weighted by atomic mass is 9.97. The maximum Gasteiger partial charge on any atom is 0.110 e. The molecule has 2 atom stereocenters. The largest absolute Gasteiger partial charge is 0.383 e. The summed E-state index contributed by atoms with van der Waals surface area (Å²) in [6.45, 7) is 4.12. The van der Waals surface area contributed by atoms with Gasteiger partial charge in [0.2, 0.25) is 0 Å². The molecular weight excluding hydrogens is 248 g/mol. The van der Waals surface area contributed by atoms with Crippen molar-refractivity contribution in [3.8, 4) is 0 Å². The molecule has 0 aromatic heterocycles. The van der Waals surface area contributed by atoms with E-state index in [0.717, 1.165) is 12.0 Å². The van der Waals surface area contributed by atoms with Crippen molar-refractivity contribution in [2.24, 2.45) is 0 Å². The second-order valence-corrected chi connectivity index (χ2v) is 5.45. The van der Waals surface area contributed by atoms with Gasteiger partial charge in [-0.1, -0.05) is 60.7 Å². The minimum absolute atomic E-state index is 0.0765. The molecule has 2 aromatic carbocycles. The van der Waals surface area contributed by atoms with Gasteiger partial charge in [-0.15, -0.1) is 0 Å². The number of hydrogen-bond donors (Lipinski definition) is 1. The molecule has 106 valence electrons. The van der Waals surface area contributed by atoms with Crippen LogP contribution in [-0.2, 0) is 16.8 Å². The van der Waals surface area contributed by atoms with E-state index in [-0.39, 0.29) is 6.10 Å². The Morgan fingerprint density at radius 3 is 2.15 bits per heavy atom. The van der Waals surface area contributed by atoms with Crippen molar-refractivity contribution >= 4 is 0 Å². The second kappa shape index (κ2) is 6.69. The Hall–Kier alpha value is -1.64. The van der Waals surface area contributed by atoms with E-state index in [1.54, 1.807) is 6.92 Å². The summed E-state index contributed by atoms with van der Waals surface area (Å²) in [5.74, 6) is 0. The van der Waals surface area contributed by atoms with Crippen LogP contribution in [0.15, 0.2) is 60.7 Å². The Morgan fingerprint density at radius 2 is 1.55 bits per heavy atom. The highest BCUT2D eigenvalue weighted by Crippen LogP contribution is 2.21. The molecule has 1 N–H and O–H groups in total. The molecular formula is C18H22O2. The van der Waals surface area contributed by atoms with E-state index in [0.29, 0.717) is 6.61 Å². The molecule has 0 saturated heterocycles. The standard InChI is InChI=1S/C18H22O2/c1-15(13-16-9-5-3-6-10-16)20-14-18(2,19)17-11-7-4-8-12-17/h3-12,15,19H,13-14H2,1-2H3. The van der Waals surface area contributed by atoms with Crippen LogP contribution in [-0.4, -0.2) is 17.8 Å². The molecule has 0 amide bonds. The normalized spacial score (nSPS) is 15.6. The zero-order valence-electron chi connectivity index (χ0n) is 12.1. The van der Waals surface area contributed by atoms with Gasteiger partial charge in [0.15, 0.2) is 0 Å². The summed E-state index contributed by atoms with van der Waals surface area (Å²) in [7, 11) is 0. The van der Waals surface area contributed by atoms with Crippen LogP contribution in [0.4, 0.5) is 0 Å². The molecule has 0 spiro atoms. The summed E-state index contributed by atoms with van der Waals surface area (Å²) in [6, 6.07) is 19.9. The zero-order chi connectivity index (χ0) is 14.4. The average Bonchev–Trinajstić information content (AvgIpc) is 2.47. The first-order valence-corrected chi connectivity index (χ1v) is 7.01. The smallest absolute Gasteiger partial charge is 0.110 e. The molecule has 0 aliphatic rings. The Labute approximate surface area is 121 Å². The highest BCUT2D eigenvalue weighted by Gasteiger charge is 2.24. The van der Waals surface area contributed by atoms with Crippen LogP contribution in [0.2, 0.25) is 0 Å². The predicted octanol–water partition coefficient (Wildman–Crippen LogP) is 3.54. The number of rotatable bonds is 6. The van der Waals surface area contributed by atoms with Gasteiger partial charge >= 0.3 is 0 Å². The number of hydrogen-bond acceptors (Lipinski definition) is 2. The van der Waals surface area contributed by atoms with E-state index in [1.165, 1.54) is 5.56 Å². The van der Waals surface area contributed by atoms with Crippen LogP contribution in [0.3, 0.4) is 0 Å². The lowest BCUT2D eigenvalue weighted by molar-refractivity contribution is -0.0618. The molecule has 0 saturated carbocycles. The summed E-state index contributed by atoms with van der Waals surface area (Å²) >= 11 is 0. The van der Waals surface area contributed by atoms with Crippen molar-refractivity contribution in [3.05, 3.63) is 71.8 Å². The highest BCUT2D eigenvalue weighted by atomic mass is 16.5. The molecule has 2 rings (SSSR count). The van der Waals surface area contributed by atoms with Gasteiger partial charge < -0.3 is 9.84 Å². The summed E-state index contributed by atoms with van der Waals surface area (Å²) in [5, 5.41) is 10.5. The predicted molar refractivity (Wildman–Crippen MR) is 81.6 cm³/mol. The quantitative estimate of drug-likeness (QED) is 0.870. The van der Waals surface area contributed by atoms with Gasteiger partial charge in [-0.2, -0.15) is 0 Å². The van der Waals surface area contributed by atoms with Crippen molar-refractivity contribution in [2.75, 3.05) is 6.61 Å². The lowest BCUT2D eigenvalue weighted by Gasteiger charge is -2.26. The average molecular weight is 270 g/mol. The number of ether oxygens (including phenoxy) is 1. The molecule has 0 aliphatic heterocycles. The third-order valence-electron chi connectivity index (χ3n) is 3.41. The molecule has 0 fully saturated rings. The summed E-state index contributed by atoms with van der Waals surface area (Å²) in [5.41, 5.74) is 1.18. The van der Waals surface area contributed by atoms with E-state index in [1.807, 2.05) is 55.5 Å². The Balaban J connectivity index is 1.88. The van der Waals surface area contributed by atoms with Crippen LogP contribution in [0, 0.1) is 0 Å². The fourth-order valence-corrected chi connectivity index (χ4v) is 2.19. The Bertz CT molecular complexity index is 505. The van der Waals surface area contributed by atoms with Crippen molar-refractivity contribution in [3.63, 3.8) is 0 Å². The maximum atomic E-state index is 10.5. The fourth-order valence-electron chi connectivity index (χ4n) is 2.19. The third-order valence-corrected chi connectivity index (χ3v) is 3.41. The first-order chi connectivity index (χ1) is 9.58. The molecule has 2 unspecified atom stereocenters. The first-order valence-electron chi connectivity index (χ1n) is 7.01. The van der Waals surface area contributed by atoms with Crippen LogP contribution < -0.4 is 0 Å². The molecule has 0 aliphatic carbocycles. The van der Waals surface area contributed by atoms with Crippen LogP contribution in [0.1, 0.15) is 25.0 Å². The van der Waals surface area contributed by atoms with E-state index in [9.17, 15) is 5.11 Å². The zero-order valence-corrected chi connectivity index (χ0v) is 12.1. The van der Waals surface area contributed by atoms with Gasteiger partial charge in [-0.05, 0) is 31.4 Å². The van der Waals surface area contributed by atoms with Crippen LogP contribution >= 0.6 is 0 Å². The van der Waals surface area contributed by atoms with E-state index >= 15 is 0 Å². The summed E-state index contributed by atoms with van der Waals surface area (Å²) in [4.78, 5) is 0. The molecule has 0 heterocycles. The van der Waals surface area contributed by atoms with Gasteiger partial charge in [0.25, 0.3) is 0 Å². The van der Waals surface area contributed by atoms with E-state index in [2.05, 4.69) is 12.1 Å². The Kier molecular flexibility index (Phi) is 4.94. The third kappa shape index (κ3) is 4.19.